The molecular weight excluding hydrogens is 280 g/mol. The van der Waals surface area contributed by atoms with Crippen LogP contribution in [-0.2, 0) is 0 Å². The number of hydrogen-bond donors (Lipinski definition) is 0. The first-order valence-corrected chi connectivity index (χ1v) is 8.31. The Labute approximate surface area is 133 Å². The highest BCUT2D eigenvalue weighted by Crippen LogP contribution is 2.36. The van der Waals surface area contributed by atoms with Crippen LogP contribution in [0.25, 0.3) is 0 Å². The van der Waals surface area contributed by atoms with E-state index in [0.717, 1.165) is 23.8 Å². The van der Waals surface area contributed by atoms with Crippen molar-refractivity contribution in [1.29, 1.82) is 5.26 Å². The van der Waals surface area contributed by atoms with E-state index in [1.54, 1.807) is 0 Å². The minimum absolute atomic E-state index is 0.160. The van der Waals surface area contributed by atoms with Gasteiger partial charge in [0.05, 0.1) is 12.0 Å². The van der Waals surface area contributed by atoms with Gasteiger partial charge in [-0.05, 0) is 56.8 Å². The number of benzene rings is 1. The van der Waals surface area contributed by atoms with Gasteiger partial charge in [0.15, 0.2) is 0 Å². The van der Waals surface area contributed by atoms with E-state index < -0.39 is 0 Å². The molecule has 114 valence electrons. The van der Waals surface area contributed by atoms with Crippen molar-refractivity contribution < 1.29 is 0 Å². The third kappa shape index (κ3) is 3.78. The van der Waals surface area contributed by atoms with Crippen LogP contribution in [0.2, 0.25) is 5.02 Å². The van der Waals surface area contributed by atoms with Gasteiger partial charge >= 0.3 is 0 Å². The van der Waals surface area contributed by atoms with Gasteiger partial charge in [-0.15, -0.1) is 0 Å². The number of halogens is 1. The number of nitriles is 1. The molecule has 1 aliphatic carbocycles. The van der Waals surface area contributed by atoms with E-state index in [4.69, 9.17) is 11.6 Å². The lowest BCUT2D eigenvalue weighted by molar-refractivity contribution is 0.0921. The van der Waals surface area contributed by atoms with Gasteiger partial charge in [-0.2, -0.15) is 5.26 Å². The van der Waals surface area contributed by atoms with E-state index in [1.807, 2.05) is 12.1 Å². The highest BCUT2D eigenvalue weighted by Gasteiger charge is 2.34. The zero-order chi connectivity index (χ0) is 15.4. The van der Waals surface area contributed by atoms with E-state index in [0.29, 0.717) is 12.1 Å². The maximum Gasteiger partial charge on any atom is 0.0672 e. The first-order chi connectivity index (χ1) is 10.1. The fourth-order valence-corrected chi connectivity index (χ4v) is 3.59. The average Bonchev–Trinajstić information content (AvgIpc) is 2.53. The molecule has 0 amide bonds. The maximum atomic E-state index is 9.46. The van der Waals surface area contributed by atoms with Crippen molar-refractivity contribution in [2.45, 2.75) is 51.6 Å². The summed E-state index contributed by atoms with van der Waals surface area (Å²) in [5.41, 5.74) is 1.26. The largest absolute Gasteiger partial charge is 0.295 e. The lowest BCUT2D eigenvalue weighted by Gasteiger charge is -2.41. The summed E-state index contributed by atoms with van der Waals surface area (Å²) in [6.45, 7) is 4.48. The van der Waals surface area contributed by atoms with Crippen molar-refractivity contribution in [3.8, 4) is 6.07 Å². The molecule has 0 N–H and O–H groups in total. The van der Waals surface area contributed by atoms with Crippen LogP contribution in [0.1, 0.15) is 51.1 Å². The summed E-state index contributed by atoms with van der Waals surface area (Å²) >= 11 is 5.97. The van der Waals surface area contributed by atoms with Crippen LogP contribution in [0.3, 0.4) is 0 Å². The summed E-state index contributed by atoms with van der Waals surface area (Å²) in [5, 5.41) is 10.2. The topological polar surface area (TPSA) is 27.0 Å². The van der Waals surface area contributed by atoms with Crippen molar-refractivity contribution in [1.82, 2.24) is 4.90 Å². The SMILES string of the molecule is CCC1CCC(C#N)C(N(C)C(C)c2ccc(Cl)cc2)C1. The summed E-state index contributed by atoms with van der Waals surface area (Å²) in [5.74, 6) is 0.923. The normalized spacial score (nSPS) is 27.3. The maximum absolute atomic E-state index is 9.46. The van der Waals surface area contributed by atoms with E-state index >= 15 is 0 Å². The molecule has 0 spiro atoms. The number of hydrogen-bond acceptors (Lipinski definition) is 2. The molecule has 21 heavy (non-hydrogen) atoms. The van der Waals surface area contributed by atoms with Crippen molar-refractivity contribution in [2.75, 3.05) is 7.05 Å². The van der Waals surface area contributed by atoms with E-state index in [9.17, 15) is 5.26 Å². The Morgan fingerprint density at radius 2 is 2.00 bits per heavy atom. The molecule has 1 aromatic carbocycles. The van der Waals surface area contributed by atoms with Gasteiger partial charge in [0.2, 0.25) is 0 Å². The van der Waals surface area contributed by atoms with Gasteiger partial charge in [-0.3, -0.25) is 4.90 Å². The van der Waals surface area contributed by atoms with Gasteiger partial charge in [0.1, 0.15) is 0 Å². The van der Waals surface area contributed by atoms with Crippen LogP contribution in [-0.4, -0.2) is 18.0 Å². The Kier molecular flexibility index (Phi) is 5.67. The van der Waals surface area contributed by atoms with E-state index in [-0.39, 0.29) is 5.92 Å². The third-order valence-corrected chi connectivity index (χ3v) is 5.41. The van der Waals surface area contributed by atoms with Gasteiger partial charge in [-0.25, -0.2) is 0 Å². The van der Waals surface area contributed by atoms with Gasteiger partial charge in [0.25, 0.3) is 0 Å². The van der Waals surface area contributed by atoms with Crippen LogP contribution in [0, 0.1) is 23.2 Å². The van der Waals surface area contributed by atoms with Crippen LogP contribution >= 0.6 is 11.6 Å². The Morgan fingerprint density at radius 1 is 1.33 bits per heavy atom. The van der Waals surface area contributed by atoms with Crippen LogP contribution in [0.4, 0.5) is 0 Å². The summed E-state index contributed by atoms with van der Waals surface area (Å²) in [6.07, 6.45) is 4.60. The monoisotopic (exact) mass is 304 g/mol. The second kappa shape index (κ2) is 7.29. The molecule has 0 aliphatic heterocycles. The summed E-state index contributed by atoms with van der Waals surface area (Å²) in [7, 11) is 2.16. The lowest BCUT2D eigenvalue weighted by Crippen LogP contribution is -2.43. The number of rotatable bonds is 4. The molecular formula is C18H25ClN2. The summed E-state index contributed by atoms with van der Waals surface area (Å²) in [4.78, 5) is 2.39. The van der Waals surface area contributed by atoms with Crippen molar-refractivity contribution >= 4 is 11.6 Å². The Morgan fingerprint density at radius 3 is 2.57 bits per heavy atom. The molecule has 0 bridgehead atoms. The van der Waals surface area contributed by atoms with E-state index in [2.05, 4.69) is 44.0 Å². The quantitative estimate of drug-likeness (QED) is 0.778. The molecule has 1 aliphatic rings. The first-order valence-electron chi connectivity index (χ1n) is 7.93. The third-order valence-electron chi connectivity index (χ3n) is 5.15. The molecule has 4 atom stereocenters. The van der Waals surface area contributed by atoms with Crippen molar-refractivity contribution in [3.63, 3.8) is 0 Å². The van der Waals surface area contributed by atoms with Crippen molar-refractivity contribution in [2.24, 2.45) is 11.8 Å². The standard InChI is InChI=1S/C18H25ClN2/c1-4-14-5-6-16(12-20)18(11-14)21(3)13(2)15-7-9-17(19)10-8-15/h7-10,13-14,16,18H,4-6,11H2,1-3H3. The summed E-state index contributed by atoms with van der Waals surface area (Å²) in [6, 6.07) is 11.3. The Balaban J connectivity index is 2.13. The second-order valence-corrected chi connectivity index (χ2v) is 6.72. The average molecular weight is 305 g/mol. The second-order valence-electron chi connectivity index (χ2n) is 6.28. The zero-order valence-electron chi connectivity index (χ0n) is 13.2. The van der Waals surface area contributed by atoms with Crippen LogP contribution in [0.15, 0.2) is 24.3 Å². The molecule has 1 aromatic rings. The molecule has 4 unspecified atom stereocenters. The minimum Gasteiger partial charge on any atom is -0.295 e. The molecule has 1 saturated carbocycles. The van der Waals surface area contributed by atoms with Gasteiger partial charge < -0.3 is 0 Å². The molecule has 3 heteroatoms. The first kappa shape index (κ1) is 16.3. The molecule has 2 rings (SSSR count). The zero-order valence-corrected chi connectivity index (χ0v) is 14.0. The molecule has 0 radical (unpaired) electrons. The molecule has 0 saturated heterocycles. The van der Waals surface area contributed by atoms with Crippen molar-refractivity contribution in [3.05, 3.63) is 34.9 Å². The Bertz CT molecular complexity index is 491. The van der Waals surface area contributed by atoms with Gasteiger partial charge in [-0.1, -0.05) is 37.1 Å². The minimum atomic E-state index is 0.160. The molecule has 2 nitrogen and oxygen atoms in total. The molecule has 1 fully saturated rings. The lowest BCUT2D eigenvalue weighted by atomic mass is 9.77. The van der Waals surface area contributed by atoms with Gasteiger partial charge in [0, 0.05) is 17.1 Å². The Hall–Kier alpha value is -1.04. The van der Waals surface area contributed by atoms with E-state index in [1.165, 1.54) is 18.4 Å². The predicted molar refractivity (Wildman–Crippen MR) is 88.2 cm³/mol. The summed E-state index contributed by atoms with van der Waals surface area (Å²) < 4.78 is 0. The van der Waals surface area contributed by atoms with Crippen LogP contribution < -0.4 is 0 Å². The highest BCUT2D eigenvalue weighted by molar-refractivity contribution is 6.30. The fourth-order valence-electron chi connectivity index (χ4n) is 3.47. The molecule has 0 aromatic heterocycles. The fraction of sp³-hybridized carbons (Fsp3) is 0.611. The van der Waals surface area contributed by atoms with Crippen LogP contribution in [0.5, 0.6) is 0 Å². The molecule has 0 heterocycles. The predicted octanol–water partition coefficient (Wildman–Crippen LogP) is 5.05. The highest BCUT2D eigenvalue weighted by atomic mass is 35.5. The number of nitrogens with zero attached hydrogens (tertiary/aromatic N) is 2. The smallest absolute Gasteiger partial charge is 0.0672 e.